The molecular weight excluding hydrogens is 414 g/mol. The fourth-order valence-corrected chi connectivity index (χ4v) is 5.33. The van der Waals surface area contributed by atoms with Crippen LogP contribution in [0, 0.1) is 0 Å². The fraction of sp³-hybridized carbons (Fsp3) is 0.722. The molecule has 0 aromatic carbocycles. The second kappa shape index (κ2) is 8.47. The number of nitrogens with zero attached hydrogens (tertiary/aromatic N) is 4. The van der Waals surface area contributed by atoms with E-state index in [1.54, 1.807) is 20.9 Å². The highest BCUT2D eigenvalue weighted by molar-refractivity contribution is 7.91. The molecule has 1 N–H and O–H groups in total. The van der Waals surface area contributed by atoms with Gasteiger partial charge in [0, 0.05) is 50.3 Å². The van der Waals surface area contributed by atoms with Crippen molar-refractivity contribution in [3.8, 4) is 0 Å². The molecule has 0 spiro atoms. The van der Waals surface area contributed by atoms with Gasteiger partial charge in [-0.2, -0.15) is 0 Å². The van der Waals surface area contributed by atoms with Crippen molar-refractivity contribution in [3.63, 3.8) is 0 Å². The molecule has 2 fully saturated rings. The van der Waals surface area contributed by atoms with E-state index < -0.39 is 9.84 Å². The van der Waals surface area contributed by atoms with Crippen LogP contribution in [0.25, 0.3) is 0 Å². The van der Waals surface area contributed by atoms with Crippen LogP contribution in [0.15, 0.2) is 6.20 Å². The Bertz CT molecular complexity index is 848. The number of amides is 4. The van der Waals surface area contributed by atoms with Crippen LogP contribution in [0.5, 0.6) is 0 Å². The number of anilines is 1. The number of thiazole rings is 1. The van der Waals surface area contributed by atoms with Crippen LogP contribution >= 0.6 is 11.3 Å². The number of nitrogens with one attached hydrogen (secondary N) is 1. The Morgan fingerprint density at radius 3 is 2.21 bits per heavy atom. The first-order valence-corrected chi connectivity index (χ1v) is 12.5. The molecular formula is C18H29N5O4S2. The van der Waals surface area contributed by atoms with Crippen LogP contribution in [0.1, 0.15) is 32.1 Å². The quantitative estimate of drug-likeness (QED) is 0.713. The number of rotatable bonds is 1. The third kappa shape index (κ3) is 5.59. The summed E-state index contributed by atoms with van der Waals surface area (Å²) in [4.78, 5) is 35.8. The fourth-order valence-electron chi connectivity index (χ4n) is 3.26. The lowest BCUT2D eigenvalue weighted by Crippen LogP contribution is -2.50. The van der Waals surface area contributed by atoms with Crippen LogP contribution in [0.3, 0.4) is 0 Å². The number of carbonyl (C=O) groups is 2. The summed E-state index contributed by atoms with van der Waals surface area (Å²) in [6.07, 6.45) is 2.47. The maximum atomic E-state index is 12.7. The van der Waals surface area contributed by atoms with E-state index in [1.165, 1.54) is 11.3 Å². The van der Waals surface area contributed by atoms with Crippen LogP contribution in [0.4, 0.5) is 14.7 Å². The number of urea groups is 2. The number of hydrogen-bond acceptors (Lipinski definition) is 6. The van der Waals surface area contributed by atoms with Crippen molar-refractivity contribution in [2.45, 2.75) is 32.6 Å². The van der Waals surface area contributed by atoms with Crippen molar-refractivity contribution in [2.75, 3.05) is 56.1 Å². The maximum Gasteiger partial charge on any atom is 0.323 e. The summed E-state index contributed by atoms with van der Waals surface area (Å²) >= 11 is 1.47. The van der Waals surface area contributed by atoms with Crippen LogP contribution in [-0.4, -0.2) is 90.9 Å². The predicted octanol–water partition coefficient (Wildman–Crippen LogP) is 1.83. The van der Waals surface area contributed by atoms with Gasteiger partial charge in [0.05, 0.1) is 11.5 Å². The van der Waals surface area contributed by atoms with Crippen LogP contribution in [0.2, 0.25) is 0 Å². The molecule has 0 aliphatic carbocycles. The number of sulfone groups is 1. The molecule has 1 aromatic rings. The molecule has 2 saturated heterocycles. The Morgan fingerprint density at radius 2 is 1.59 bits per heavy atom. The van der Waals surface area contributed by atoms with Crippen molar-refractivity contribution < 1.29 is 18.0 Å². The molecule has 1 aromatic heterocycles. The van der Waals surface area contributed by atoms with Gasteiger partial charge in [0.2, 0.25) is 0 Å². The van der Waals surface area contributed by atoms with Gasteiger partial charge in [0.25, 0.3) is 0 Å². The number of hydrogen-bond donors (Lipinski definition) is 1. The molecule has 3 rings (SSSR count). The highest BCUT2D eigenvalue weighted by Crippen LogP contribution is 2.30. The second-order valence-electron chi connectivity index (χ2n) is 8.46. The minimum atomic E-state index is -3.02. The minimum absolute atomic E-state index is 0.0160. The first-order chi connectivity index (χ1) is 13.5. The van der Waals surface area contributed by atoms with Gasteiger partial charge in [-0.05, 0) is 11.8 Å². The van der Waals surface area contributed by atoms with Crippen LogP contribution in [-0.2, 0) is 15.3 Å². The zero-order valence-corrected chi connectivity index (χ0v) is 18.8. The summed E-state index contributed by atoms with van der Waals surface area (Å²) in [5.41, 5.74) is -0.0160. The first-order valence-electron chi connectivity index (χ1n) is 9.82. The van der Waals surface area contributed by atoms with Crippen LogP contribution < -0.4 is 5.32 Å². The van der Waals surface area contributed by atoms with Crippen molar-refractivity contribution in [1.82, 2.24) is 19.7 Å². The van der Waals surface area contributed by atoms with E-state index in [9.17, 15) is 18.0 Å². The Kier molecular flexibility index (Phi) is 6.37. The van der Waals surface area contributed by atoms with Gasteiger partial charge in [-0.15, -0.1) is 11.3 Å². The molecule has 9 nitrogen and oxygen atoms in total. The van der Waals surface area contributed by atoms with Gasteiger partial charge >= 0.3 is 12.1 Å². The second-order valence-corrected chi connectivity index (χ2v) is 11.8. The molecule has 2 aliphatic heterocycles. The molecule has 29 heavy (non-hydrogen) atoms. The van der Waals surface area contributed by atoms with Crippen molar-refractivity contribution >= 4 is 38.4 Å². The molecule has 0 bridgehead atoms. The third-order valence-corrected chi connectivity index (χ3v) is 8.08. The lowest BCUT2D eigenvalue weighted by molar-refractivity contribution is 0.157. The highest BCUT2D eigenvalue weighted by atomic mass is 32.2. The molecule has 0 unspecified atom stereocenters. The average Bonchev–Trinajstić information content (AvgIpc) is 2.97. The topological polar surface area (TPSA) is 103 Å². The summed E-state index contributed by atoms with van der Waals surface area (Å²) in [5, 5.41) is 3.44. The largest absolute Gasteiger partial charge is 0.323 e. The van der Waals surface area contributed by atoms with Crippen molar-refractivity contribution in [2.24, 2.45) is 0 Å². The summed E-state index contributed by atoms with van der Waals surface area (Å²) in [5.74, 6) is 0.0386. The monoisotopic (exact) mass is 443 g/mol. The van der Waals surface area contributed by atoms with Gasteiger partial charge in [0.1, 0.15) is 0 Å². The van der Waals surface area contributed by atoms with E-state index >= 15 is 0 Å². The SMILES string of the molecule is CC(C)(C)c1cnc(NC(=O)N2CCCN(C(=O)N3CCS(=O)(=O)CC3)CC2)s1. The maximum absolute atomic E-state index is 12.7. The summed E-state index contributed by atoms with van der Waals surface area (Å²) < 4.78 is 23.1. The predicted molar refractivity (Wildman–Crippen MR) is 113 cm³/mol. The van der Waals surface area contributed by atoms with Gasteiger partial charge in [0.15, 0.2) is 15.0 Å². The normalized spacial score (nSPS) is 20.3. The zero-order chi connectivity index (χ0) is 21.2. The molecule has 0 radical (unpaired) electrons. The van der Waals surface area contributed by atoms with E-state index in [0.717, 1.165) is 4.88 Å². The van der Waals surface area contributed by atoms with Crippen molar-refractivity contribution in [3.05, 3.63) is 11.1 Å². The standard InChI is InChI=1S/C18H29N5O4S2/c1-18(2,3)14-13-19-15(28-14)20-16(24)21-5-4-6-22(8-7-21)17(25)23-9-11-29(26,27)12-10-23/h13H,4-12H2,1-3H3,(H,19,20,24). The van der Waals surface area contributed by atoms with E-state index in [-0.39, 0.29) is 42.1 Å². The molecule has 0 saturated carbocycles. The van der Waals surface area contributed by atoms with Gasteiger partial charge in [-0.3, -0.25) is 5.32 Å². The number of aromatic nitrogens is 1. The van der Waals surface area contributed by atoms with E-state index in [4.69, 9.17) is 0 Å². The highest BCUT2D eigenvalue weighted by Gasteiger charge is 2.30. The summed E-state index contributed by atoms with van der Waals surface area (Å²) in [7, 11) is -3.02. The lowest BCUT2D eigenvalue weighted by atomic mass is 9.96. The smallest absolute Gasteiger partial charge is 0.323 e. The molecule has 3 heterocycles. The Balaban J connectivity index is 1.53. The molecule has 0 atom stereocenters. The first kappa shape index (κ1) is 21.8. The average molecular weight is 444 g/mol. The summed E-state index contributed by atoms with van der Waals surface area (Å²) in [6, 6.07) is -0.352. The van der Waals surface area contributed by atoms with Gasteiger partial charge < -0.3 is 14.7 Å². The molecule has 162 valence electrons. The van der Waals surface area contributed by atoms with E-state index in [0.29, 0.717) is 37.7 Å². The molecule has 11 heteroatoms. The Labute approximate surface area is 176 Å². The molecule has 2 aliphatic rings. The zero-order valence-electron chi connectivity index (χ0n) is 17.2. The van der Waals surface area contributed by atoms with Gasteiger partial charge in [-0.1, -0.05) is 20.8 Å². The molecule has 4 amide bonds. The third-order valence-electron chi connectivity index (χ3n) is 5.13. The number of carbonyl (C=O) groups excluding carboxylic acids is 2. The van der Waals surface area contributed by atoms with E-state index in [2.05, 4.69) is 31.1 Å². The Hall–Kier alpha value is -1.88. The minimum Gasteiger partial charge on any atom is -0.323 e. The lowest BCUT2D eigenvalue weighted by Gasteiger charge is -2.32. The Morgan fingerprint density at radius 1 is 1.00 bits per heavy atom. The van der Waals surface area contributed by atoms with Crippen molar-refractivity contribution in [1.29, 1.82) is 0 Å². The summed E-state index contributed by atoms with van der Waals surface area (Å²) in [6.45, 7) is 8.75. The van der Waals surface area contributed by atoms with E-state index in [1.807, 2.05) is 0 Å². The van der Waals surface area contributed by atoms with Gasteiger partial charge in [-0.25, -0.2) is 23.0 Å².